The van der Waals surface area contributed by atoms with Crippen molar-refractivity contribution in [1.82, 2.24) is 4.98 Å². The van der Waals surface area contributed by atoms with Crippen LogP contribution in [0.4, 0.5) is 0 Å². The Morgan fingerprint density at radius 3 is 2.68 bits per heavy atom. The Morgan fingerprint density at radius 2 is 1.79 bits per heavy atom. The molecule has 1 heterocycles. The molecule has 0 spiro atoms. The van der Waals surface area contributed by atoms with Gasteiger partial charge in [0.05, 0.1) is 0 Å². The molecule has 0 amide bonds. The molecule has 1 N–H and O–H groups in total. The summed E-state index contributed by atoms with van der Waals surface area (Å²) in [6.07, 6.45) is 8.94. The van der Waals surface area contributed by atoms with Gasteiger partial charge in [-0.1, -0.05) is 48.6 Å². The van der Waals surface area contributed by atoms with E-state index >= 15 is 0 Å². The van der Waals surface area contributed by atoms with Crippen LogP contribution >= 0.6 is 0 Å². The van der Waals surface area contributed by atoms with E-state index in [9.17, 15) is 0 Å². The largest absolute Gasteiger partial charge is 0.354 e. The quantitative estimate of drug-likeness (QED) is 0.617. The monoisotopic (exact) mass is 245 g/mol. The maximum Gasteiger partial charge on any atom is 0.0471 e. The van der Waals surface area contributed by atoms with E-state index in [1.165, 1.54) is 32.9 Å². The van der Waals surface area contributed by atoms with Gasteiger partial charge in [-0.15, -0.1) is 0 Å². The van der Waals surface area contributed by atoms with E-state index in [1.807, 2.05) is 0 Å². The smallest absolute Gasteiger partial charge is 0.0471 e. The number of H-pyrrole nitrogens is 1. The number of nitrogens with one attached hydrogen (secondary N) is 1. The minimum Gasteiger partial charge on any atom is -0.354 e. The van der Waals surface area contributed by atoms with E-state index < -0.39 is 0 Å². The highest BCUT2D eigenvalue weighted by molar-refractivity contribution is 6.12. The molecule has 1 heteroatoms. The standard InChI is InChI=1S/C18H15N/c1-2-7-13(8-3-1)14-10-6-12-17-18(14)15-9-4-5-11-16(15)19-17/h1-2,4-7,9-12,19H,3,8H2. The number of benzene rings is 2. The molecule has 0 saturated carbocycles. The molecule has 19 heavy (non-hydrogen) atoms. The number of rotatable bonds is 1. The molecular weight excluding hydrogens is 230 g/mol. The van der Waals surface area contributed by atoms with E-state index in [1.54, 1.807) is 0 Å². The predicted molar refractivity (Wildman–Crippen MR) is 82.2 cm³/mol. The van der Waals surface area contributed by atoms with Crippen molar-refractivity contribution < 1.29 is 0 Å². The molecule has 3 aromatic rings. The Balaban J connectivity index is 2.10. The van der Waals surface area contributed by atoms with Crippen molar-refractivity contribution in [2.75, 3.05) is 0 Å². The fraction of sp³-hybridized carbons (Fsp3) is 0.111. The summed E-state index contributed by atoms with van der Waals surface area (Å²) >= 11 is 0. The van der Waals surface area contributed by atoms with Crippen LogP contribution in [0, 0.1) is 0 Å². The second kappa shape index (κ2) is 4.13. The van der Waals surface area contributed by atoms with Gasteiger partial charge < -0.3 is 4.98 Å². The summed E-state index contributed by atoms with van der Waals surface area (Å²) in [5.41, 5.74) is 5.27. The first-order valence-electron chi connectivity index (χ1n) is 6.79. The van der Waals surface area contributed by atoms with E-state index in [2.05, 4.69) is 65.7 Å². The highest BCUT2D eigenvalue weighted by Crippen LogP contribution is 2.34. The highest BCUT2D eigenvalue weighted by atomic mass is 14.7. The van der Waals surface area contributed by atoms with Gasteiger partial charge in [-0.05, 0) is 36.1 Å². The molecule has 1 nitrogen and oxygen atoms in total. The van der Waals surface area contributed by atoms with E-state index in [4.69, 9.17) is 0 Å². The summed E-state index contributed by atoms with van der Waals surface area (Å²) in [5, 5.41) is 2.68. The summed E-state index contributed by atoms with van der Waals surface area (Å²) in [6.45, 7) is 0. The van der Waals surface area contributed by atoms with Crippen molar-refractivity contribution in [2.45, 2.75) is 12.8 Å². The van der Waals surface area contributed by atoms with Crippen molar-refractivity contribution in [2.24, 2.45) is 0 Å². The Labute approximate surface area is 112 Å². The average molecular weight is 245 g/mol. The highest BCUT2D eigenvalue weighted by Gasteiger charge is 2.11. The zero-order valence-electron chi connectivity index (χ0n) is 10.7. The van der Waals surface area contributed by atoms with Gasteiger partial charge in [0.15, 0.2) is 0 Å². The van der Waals surface area contributed by atoms with Gasteiger partial charge >= 0.3 is 0 Å². The first-order chi connectivity index (χ1) is 9.43. The first kappa shape index (κ1) is 10.6. The third-order valence-electron chi connectivity index (χ3n) is 3.89. The Morgan fingerprint density at radius 1 is 0.895 bits per heavy atom. The average Bonchev–Trinajstić information content (AvgIpc) is 2.86. The normalized spacial score (nSPS) is 15.1. The molecule has 0 atom stereocenters. The van der Waals surface area contributed by atoms with E-state index in [0.29, 0.717) is 0 Å². The van der Waals surface area contributed by atoms with Crippen LogP contribution in [0.15, 0.2) is 60.7 Å². The lowest BCUT2D eigenvalue weighted by molar-refractivity contribution is 1.06. The minimum atomic E-state index is 1.13. The number of fused-ring (bicyclic) bond motifs is 3. The van der Waals surface area contributed by atoms with E-state index in [-0.39, 0.29) is 0 Å². The van der Waals surface area contributed by atoms with Crippen molar-refractivity contribution in [3.63, 3.8) is 0 Å². The Hall–Kier alpha value is -2.28. The van der Waals surface area contributed by atoms with Gasteiger partial charge in [-0.3, -0.25) is 0 Å². The second-order valence-electron chi connectivity index (χ2n) is 5.06. The molecule has 4 rings (SSSR count). The fourth-order valence-electron chi connectivity index (χ4n) is 3.00. The summed E-state index contributed by atoms with van der Waals surface area (Å²) in [4.78, 5) is 3.51. The van der Waals surface area contributed by atoms with Gasteiger partial charge in [0, 0.05) is 21.8 Å². The van der Waals surface area contributed by atoms with Crippen LogP contribution in [-0.4, -0.2) is 4.98 Å². The molecule has 0 aliphatic heterocycles. The van der Waals surface area contributed by atoms with Crippen LogP contribution in [0.25, 0.3) is 27.4 Å². The van der Waals surface area contributed by atoms with Crippen molar-refractivity contribution in [3.05, 3.63) is 66.3 Å². The first-order valence-corrected chi connectivity index (χ1v) is 6.79. The number of allylic oxidation sites excluding steroid dienone is 4. The topological polar surface area (TPSA) is 15.8 Å². The maximum atomic E-state index is 3.51. The Bertz CT molecular complexity index is 818. The lowest BCUT2D eigenvalue weighted by Gasteiger charge is -2.10. The number of aromatic amines is 1. The number of aromatic nitrogens is 1. The van der Waals surface area contributed by atoms with Crippen molar-refractivity contribution >= 4 is 27.4 Å². The summed E-state index contributed by atoms with van der Waals surface area (Å²) in [6, 6.07) is 15.1. The van der Waals surface area contributed by atoms with Gasteiger partial charge in [0.25, 0.3) is 0 Å². The number of hydrogen-bond donors (Lipinski definition) is 1. The molecule has 1 aromatic heterocycles. The molecule has 1 aliphatic carbocycles. The lowest BCUT2D eigenvalue weighted by Crippen LogP contribution is -1.88. The molecule has 0 fully saturated rings. The van der Waals surface area contributed by atoms with Gasteiger partial charge in [0.1, 0.15) is 0 Å². The van der Waals surface area contributed by atoms with Crippen molar-refractivity contribution in [1.29, 1.82) is 0 Å². The van der Waals surface area contributed by atoms with Gasteiger partial charge in [-0.2, -0.15) is 0 Å². The maximum absolute atomic E-state index is 3.51. The molecule has 92 valence electrons. The zero-order valence-corrected chi connectivity index (χ0v) is 10.7. The fourth-order valence-corrected chi connectivity index (χ4v) is 3.00. The van der Waals surface area contributed by atoms with Crippen LogP contribution in [0.2, 0.25) is 0 Å². The summed E-state index contributed by atoms with van der Waals surface area (Å²) in [7, 11) is 0. The molecule has 0 bridgehead atoms. The van der Waals surface area contributed by atoms with E-state index in [0.717, 1.165) is 12.8 Å². The predicted octanol–water partition coefficient (Wildman–Crippen LogP) is 5.05. The number of para-hydroxylation sites is 1. The summed E-state index contributed by atoms with van der Waals surface area (Å²) in [5.74, 6) is 0. The van der Waals surface area contributed by atoms with Crippen LogP contribution in [-0.2, 0) is 0 Å². The molecule has 1 aliphatic rings. The van der Waals surface area contributed by atoms with Crippen LogP contribution in [0.5, 0.6) is 0 Å². The molecule has 0 saturated heterocycles. The zero-order chi connectivity index (χ0) is 12.7. The van der Waals surface area contributed by atoms with Crippen LogP contribution in [0.1, 0.15) is 18.4 Å². The molecular formula is C18H15N. The SMILES string of the molecule is C1=CCCC(c2cccc3[nH]c4ccccc4c23)=C1. The summed E-state index contributed by atoms with van der Waals surface area (Å²) < 4.78 is 0. The third kappa shape index (κ3) is 1.62. The third-order valence-corrected chi connectivity index (χ3v) is 3.89. The van der Waals surface area contributed by atoms with Crippen LogP contribution < -0.4 is 0 Å². The number of hydrogen-bond acceptors (Lipinski definition) is 0. The minimum absolute atomic E-state index is 1.13. The lowest BCUT2D eigenvalue weighted by atomic mass is 9.94. The van der Waals surface area contributed by atoms with Crippen molar-refractivity contribution in [3.8, 4) is 0 Å². The van der Waals surface area contributed by atoms with Gasteiger partial charge in [-0.25, -0.2) is 0 Å². The molecule has 0 radical (unpaired) electrons. The van der Waals surface area contributed by atoms with Gasteiger partial charge in [0.2, 0.25) is 0 Å². The second-order valence-corrected chi connectivity index (χ2v) is 5.06. The molecule has 0 unspecified atom stereocenters. The van der Waals surface area contributed by atoms with Crippen LogP contribution in [0.3, 0.4) is 0 Å². The Kier molecular flexibility index (Phi) is 2.31. The molecule has 2 aromatic carbocycles.